The summed E-state index contributed by atoms with van der Waals surface area (Å²) >= 11 is 5.34. The van der Waals surface area contributed by atoms with E-state index in [1.165, 1.54) is 6.07 Å². The number of thiocarbonyl (C=S) groups is 1. The van der Waals surface area contributed by atoms with Crippen LogP contribution in [0.3, 0.4) is 0 Å². The molecule has 0 saturated carbocycles. The van der Waals surface area contributed by atoms with Crippen molar-refractivity contribution in [2.24, 2.45) is 0 Å². The standard InChI is InChI=1S/C19H22FN3O2S/c1-4-23(19(26)22-15-6-5-13(2)17(20)11-15)12-18(24)21-14-7-9-16(25-3)10-8-14/h5-11H,4,12H2,1-3H3,(H,21,24)(H,22,26). The summed E-state index contributed by atoms with van der Waals surface area (Å²) in [5.74, 6) is 0.211. The number of anilines is 2. The molecular weight excluding hydrogens is 353 g/mol. The van der Waals surface area contributed by atoms with Crippen molar-refractivity contribution in [2.45, 2.75) is 13.8 Å². The average molecular weight is 375 g/mol. The number of ether oxygens (including phenoxy) is 1. The van der Waals surface area contributed by atoms with Gasteiger partial charge in [-0.15, -0.1) is 0 Å². The Labute approximate surface area is 158 Å². The molecular formula is C19H22FN3O2S. The molecule has 0 spiro atoms. The van der Waals surface area contributed by atoms with Crippen molar-refractivity contribution >= 4 is 34.6 Å². The molecule has 0 unspecified atom stereocenters. The van der Waals surface area contributed by atoms with Gasteiger partial charge in [-0.25, -0.2) is 4.39 Å². The van der Waals surface area contributed by atoms with Crippen molar-refractivity contribution in [3.63, 3.8) is 0 Å². The minimum atomic E-state index is -0.307. The molecule has 26 heavy (non-hydrogen) atoms. The second-order valence-electron chi connectivity index (χ2n) is 5.68. The first-order valence-corrected chi connectivity index (χ1v) is 8.59. The molecule has 0 aliphatic rings. The molecule has 0 heterocycles. The highest BCUT2D eigenvalue weighted by Gasteiger charge is 2.13. The number of nitrogens with one attached hydrogen (secondary N) is 2. The number of halogens is 1. The third-order valence-electron chi connectivity index (χ3n) is 3.80. The molecule has 0 aliphatic carbocycles. The molecule has 5 nitrogen and oxygen atoms in total. The van der Waals surface area contributed by atoms with Gasteiger partial charge in [-0.3, -0.25) is 4.79 Å². The molecule has 0 saturated heterocycles. The summed E-state index contributed by atoms with van der Waals surface area (Å²) in [6.45, 7) is 4.21. The number of aryl methyl sites for hydroxylation is 1. The monoisotopic (exact) mass is 375 g/mol. The Morgan fingerprint density at radius 1 is 1.15 bits per heavy atom. The van der Waals surface area contributed by atoms with Crippen LogP contribution in [0.5, 0.6) is 5.75 Å². The molecule has 7 heteroatoms. The van der Waals surface area contributed by atoms with E-state index in [4.69, 9.17) is 17.0 Å². The quantitative estimate of drug-likeness (QED) is 0.752. The Kier molecular flexibility index (Phi) is 6.91. The van der Waals surface area contributed by atoms with E-state index >= 15 is 0 Å². The lowest BCUT2D eigenvalue weighted by Gasteiger charge is -2.24. The smallest absolute Gasteiger partial charge is 0.243 e. The van der Waals surface area contributed by atoms with E-state index in [1.54, 1.807) is 55.3 Å². The van der Waals surface area contributed by atoms with E-state index in [2.05, 4.69) is 10.6 Å². The number of hydrogen-bond acceptors (Lipinski definition) is 3. The van der Waals surface area contributed by atoms with E-state index in [-0.39, 0.29) is 18.3 Å². The van der Waals surface area contributed by atoms with Gasteiger partial charge in [0.05, 0.1) is 13.7 Å². The molecule has 2 aromatic carbocycles. The molecule has 0 fully saturated rings. The fourth-order valence-corrected chi connectivity index (χ4v) is 2.56. The normalized spacial score (nSPS) is 10.2. The molecule has 0 bridgehead atoms. The van der Waals surface area contributed by atoms with Crippen LogP contribution in [0.15, 0.2) is 42.5 Å². The minimum Gasteiger partial charge on any atom is -0.497 e. The van der Waals surface area contributed by atoms with Crippen LogP contribution in [0.4, 0.5) is 15.8 Å². The van der Waals surface area contributed by atoms with Crippen LogP contribution in [0, 0.1) is 12.7 Å². The lowest BCUT2D eigenvalue weighted by Crippen LogP contribution is -2.40. The number of carbonyl (C=O) groups is 1. The largest absolute Gasteiger partial charge is 0.497 e. The van der Waals surface area contributed by atoms with E-state index in [0.29, 0.717) is 34.3 Å². The van der Waals surface area contributed by atoms with Crippen molar-refractivity contribution in [3.05, 3.63) is 53.8 Å². The van der Waals surface area contributed by atoms with E-state index in [1.807, 2.05) is 6.92 Å². The third kappa shape index (κ3) is 5.42. The van der Waals surface area contributed by atoms with Crippen molar-refractivity contribution in [2.75, 3.05) is 30.8 Å². The number of amides is 1. The third-order valence-corrected chi connectivity index (χ3v) is 4.16. The van der Waals surface area contributed by atoms with Gasteiger partial charge < -0.3 is 20.3 Å². The van der Waals surface area contributed by atoms with Gasteiger partial charge in [0.25, 0.3) is 0 Å². The summed E-state index contributed by atoms with van der Waals surface area (Å²) in [5, 5.41) is 6.14. The highest BCUT2D eigenvalue weighted by Crippen LogP contribution is 2.16. The van der Waals surface area contributed by atoms with Crippen molar-refractivity contribution in [1.29, 1.82) is 0 Å². The predicted octanol–water partition coefficient (Wildman–Crippen LogP) is 3.80. The van der Waals surface area contributed by atoms with E-state index in [9.17, 15) is 9.18 Å². The zero-order valence-electron chi connectivity index (χ0n) is 15.0. The van der Waals surface area contributed by atoms with Gasteiger partial charge in [0.15, 0.2) is 5.11 Å². The molecule has 0 radical (unpaired) electrons. The Hall–Kier alpha value is -2.67. The summed E-state index contributed by atoms with van der Waals surface area (Å²) in [6, 6.07) is 11.9. The highest BCUT2D eigenvalue weighted by molar-refractivity contribution is 7.80. The van der Waals surface area contributed by atoms with Gasteiger partial charge in [-0.05, 0) is 68.0 Å². The molecule has 138 valence electrons. The van der Waals surface area contributed by atoms with Gasteiger partial charge in [0, 0.05) is 17.9 Å². The molecule has 2 rings (SSSR count). The number of carbonyl (C=O) groups excluding carboxylic acids is 1. The van der Waals surface area contributed by atoms with Crippen LogP contribution in [0.1, 0.15) is 12.5 Å². The summed E-state index contributed by atoms with van der Waals surface area (Å²) in [5.41, 5.74) is 1.78. The maximum absolute atomic E-state index is 13.6. The molecule has 0 atom stereocenters. The summed E-state index contributed by atoms with van der Waals surface area (Å²) in [7, 11) is 1.58. The number of methoxy groups -OCH3 is 1. The topological polar surface area (TPSA) is 53.6 Å². The fraction of sp³-hybridized carbons (Fsp3) is 0.263. The second-order valence-corrected chi connectivity index (χ2v) is 6.07. The first kappa shape index (κ1) is 19.7. The maximum atomic E-state index is 13.6. The maximum Gasteiger partial charge on any atom is 0.243 e. The number of likely N-dealkylation sites (N-methyl/N-ethyl adjacent to an activating group) is 1. The zero-order valence-corrected chi connectivity index (χ0v) is 15.8. The van der Waals surface area contributed by atoms with Crippen molar-refractivity contribution < 1.29 is 13.9 Å². The fourth-order valence-electron chi connectivity index (χ4n) is 2.25. The van der Waals surface area contributed by atoms with Crippen molar-refractivity contribution in [1.82, 2.24) is 4.90 Å². The van der Waals surface area contributed by atoms with Crippen LogP contribution in [0.2, 0.25) is 0 Å². The van der Waals surface area contributed by atoms with Gasteiger partial charge in [-0.2, -0.15) is 0 Å². The predicted molar refractivity (Wildman–Crippen MR) is 106 cm³/mol. The number of nitrogens with zero attached hydrogens (tertiary/aromatic N) is 1. The lowest BCUT2D eigenvalue weighted by atomic mass is 10.2. The minimum absolute atomic E-state index is 0.0860. The molecule has 2 aromatic rings. The molecule has 2 N–H and O–H groups in total. The van der Waals surface area contributed by atoms with Crippen LogP contribution in [0.25, 0.3) is 0 Å². The molecule has 0 aromatic heterocycles. The number of benzene rings is 2. The second kappa shape index (κ2) is 9.15. The van der Waals surface area contributed by atoms with Crippen molar-refractivity contribution in [3.8, 4) is 5.75 Å². The molecule has 1 amide bonds. The SMILES string of the molecule is CCN(CC(=O)Nc1ccc(OC)cc1)C(=S)Nc1ccc(C)c(F)c1. The summed E-state index contributed by atoms with van der Waals surface area (Å²) in [4.78, 5) is 14.0. The van der Waals surface area contributed by atoms with Crippen LogP contribution < -0.4 is 15.4 Å². The highest BCUT2D eigenvalue weighted by atomic mass is 32.1. The van der Waals surface area contributed by atoms with Crippen LogP contribution in [-0.4, -0.2) is 36.1 Å². The van der Waals surface area contributed by atoms with E-state index in [0.717, 1.165) is 0 Å². The van der Waals surface area contributed by atoms with Gasteiger partial charge in [-0.1, -0.05) is 6.07 Å². The zero-order chi connectivity index (χ0) is 19.1. The lowest BCUT2D eigenvalue weighted by molar-refractivity contribution is -0.116. The molecule has 0 aliphatic heterocycles. The van der Waals surface area contributed by atoms with Gasteiger partial charge in [0.1, 0.15) is 11.6 Å². The summed E-state index contributed by atoms with van der Waals surface area (Å²) in [6.07, 6.45) is 0. The Bertz CT molecular complexity index is 781. The Balaban J connectivity index is 1.94. The van der Waals surface area contributed by atoms with Crippen LogP contribution in [-0.2, 0) is 4.79 Å². The number of rotatable bonds is 6. The first-order chi connectivity index (χ1) is 12.4. The average Bonchev–Trinajstić information content (AvgIpc) is 2.63. The van der Waals surface area contributed by atoms with Gasteiger partial charge >= 0.3 is 0 Å². The first-order valence-electron chi connectivity index (χ1n) is 8.19. The van der Waals surface area contributed by atoms with E-state index < -0.39 is 0 Å². The Morgan fingerprint density at radius 3 is 2.38 bits per heavy atom. The summed E-state index contributed by atoms with van der Waals surface area (Å²) < 4.78 is 18.7. The van der Waals surface area contributed by atoms with Gasteiger partial charge in [0.2, 0.25) is 5.91 Å². The Morgan fingerprint density at radius 2 is 1.81 bits per heavy atom. The van der Waals surface area contributed by atoms with Crippen LogP contribution >= 0.6 is 12.2 Å². The number of hydrogen-bond donors (Lipinski definition) is 2.